The maximum Gasteiger partial charge on any atom is 0.0438 e. The van der Waals surface area contributed by atoms with E-state index in [0.29, 0.717) is 6.04 Å². The van der Waals surface area contributed by atoms with Crippen LogP contribution in [0.25, 0.3) is 0 Å². The van der Waals surface area contributed by atoms with E-state index >= 15 is 0 Å². The summed E-state index contributed by atoms with van der Waals surface area (Å²) in [5, 5.41) is 4.38. The molecule has 0 spiro atoms. The molecule has 1 nitrogen and oxygen atoms in total. The molecule has 3 unspecified atom stereocenters. The van der Waals surface area contributed by atoms with E-state index in [-0.39, 0.29) is 0 Å². The zero-order valence-corrected chi connectivity index (χ0v) is 11.5. The van der Waals surface area contributed by atoms with Crippen LogP contribution in [0.1, 0.15) is 31.7 Å². The Morgan fingerprint density at radius 2 is 2.12 bits per heavy atom. The summed E-state index contributed by atoms with van der Waals surface area (Å²) in [5.41, 5.74) is 1.27. The highest BCUT2D eigenvalue weighted by atomic mass is 35.5. The van der Waals surface area contributed by atoms with Crippen LogP contribution in [0.15, 0.2) is 24.3 Å². The van der Waals surface area contributed by atoms with E-state index in [4.69, 9.17) is 11.6 Å². The second-order valence-electron chi connectivity index (χ2n) is 5.37. The Kier molecular flexibility index (Phi) is 4.47. The Bertz CT molecular complexity index is 364. The third-order valence-corrected chi connectivity index (χ3v) is 4.44. The normalized spacial score (nSPS) is 26.1. The van der Waals surface area contributed by atoms with Crippen molar-refractivity contribution in [3.05, 3.63) is 34.9 Å². The summed E-state index contributed by atoms with van der Waals surface area (Å²) in [7, 11) is 2.07. The smallest absolute Gasteiger partial charge is 0.0438 e. The monoisotopic (exact) mass is 251 g/mol. The minimum Gasteiger partial charge on any atom is -0.316 e. The van der Waals surface area contributed by atoms with Crippen molar-refractivity contribution in [2.24, 2.45) is 11.8 Å². The van der Waals surface area contributed by atoms with Crippen molar-refractivity contribution in [1.29, 1.82) is 0 Å². The first-order chi connectivity index (χ1) is 8.20. The number of halogens is 1. The number of rotatable bonds is 4. The zero-order valence-electron chi connectivity index (χ0n) is 10.7. The number of likely N-dealkylation sites (N-methyl/N-ethyl adjacent to an activating group) is 1. The first kappa shape index (κ1) is 12.9. The van der Waals surface area contributed by atoms with E-state index in [9.17, 15) is 0 Å². The largest absolute Gasteiger partial charge is 0.316 e. The summed E-state index contributed by atoms with van der Waals surface area (Å²) >= 11 is 6.23. The Morgan fingerprint density at radius 1 is 1.35 bits per heavy atom. The fourth-order valence-electron chi connectivity index (χ4n) is 3.02. The van der Waals surface area contributed by atoms with Gasteiger partial charge >= 0.3 is 0 Å². The Balaban J connectivity index is 2.03. The van der Waals surface area contributed by atoms with E-state index in [1.165, 1.54) is 24.8 Å². The molecule has 1 saturated carbocycles. The van der Waals surface area contributed by atoms with Gasteiger partial charge in [0.25, 0.3) is 0 Å². The van der Waals surface area contributed by atoms with Gasteiger partial charge in [0.1, 0.15) is 0 Å². The van der Waals surface area contributed by atoms with Gasteiger partial charge in [0, 0.05) is 11.1 Å². The topological polar surface area (TPSA) is 12.0 Å². The molecule has 0 saturated heterocycles. The minimum atomic E-state index is 0.569. The van der Waals surface area contributed by atoms with Gasteiger partial charge in [-0.05, 0) is 49.8 Å². The Morgan fingerprint density at radius 3 is 2.71 bits per heavy atom. The molecule has 17 heavy (non-hydrogen) atoms. The molecule has 1 aromatic rings. The molecule has 1 aliphatic carbocycles. The second kappa shape index (κ2) is 5.88. The molecule has 0 aliphatic heterocycles. The van der Waals surface area contributed by atoms with Gasteiger partial charge < -0.3 is 5.32 Å². The lowest BCUT2D eigenvalue weighted by atomic mass is 9.91. The van der Waals surface area contributed by atoms with Gasteiger partial charge in [-0.3, -0.25) is 0 Å². The highest BCUT2D eigenvalue weighted by Gasteiger charge is 2.28. The molecule has 94 valence electrons. The standard InChI is InChI=1S/C15H22ClN/c1-11-7-8-13(9-11)15(17-2)10-12-5-3-4-6-14(12)16/h3-6,11,13,15,17H,7-10H2,1-2H3. The van der Waals surface area contributed by atoms with Crippen molar-refractivity contribution >= 4 is 11.6 Å². The van der Waals surface area contributed by atoms with Gasteiger partial charge in [-0.25, -0.2) is 0 Å². The number of nitrogens with one attached hydrogen (secondary N) is 1. The third-order valence-electron chi connectivity index (χ3n) is 4.07. The lowest BCUT2D eigenvalue weighted by molar-refractivity contribution is 0.367. The molecule has 2 heteroatoms. The fraction of sp³-hybridized carbons (Fsp3) is 0.600. The van der Waals surface area contributed by atoms with Crippen LogP contribution < -0.4 is 5.32 Å². The van der Waals surface area contributed by atoms with Crippen molar-refractivity contribution in [2.45, 2.75) is 38.6 Å². The summed E-state index contributed by atoms with van der Waals surface area (Å²) in [6.45, 7) is 2.36. The van der Waals surface area contributed by atoms with Crippen LogP contribution in [0.3, 0.4) is 0 Å². The highest BCUT2D eigenvalue weighted by Crippen LogP contribution is 2.34. The predicted octanol–water partition coefficient (Wildman–Crippen LogP) is 3.91. The fourth-order valence-corrected chi connectivity index (χ4v) is 3.23. The van der Waals surface area contributed by atoms with Gasteiger partial charge in [-0.2, -0.15) is 0 Å². The summed E-state index contributed by atoms with van der Waals surface area (Å²) in [4.78, 5) is 0. The van der Waals surface area contributed by atoms with E-state index < -0.39 is 0 Å². The van der Waals surface area contributed by atoms with Crippen LogP contribution in [-0.2, 0) is 6.42 Å². The van der Waals surface area contributed by atoms with Crippen LogP contribution in [0.4, 0.5) is 0 Å². The van der Waals surface area contributed by atoms with Crippen LogP contribution in [0.2, 0.25) is 5.02 Å². The van der Waals surface area contributed by atoms with E-state index in [2.05, 4.69) is 31.4 Å². The van der Waals surface area contributed by atoms with Crippen LogP contribution >= 0.6 is 11.6 Å². The maximum absolute atomic E-state index is 6.23. The molecule has 0 aromatic heterocycles. The lowest BCUT2D eigenvalue weighted by Gasteiger charge is -2.23. The molecule has 3 atom stereocenters. The Hall–Kier alpha value is -0.530. The van der Waals surface area contributed by atoms with Crippen molar-refractivity contribution < 1.29 is 0 Å². The third kappa shape index (κ3) is 3.23. The van der Waals surface area contributed by atoms with Gasteiger partial charge in [0.05, 0.1) is 0 Å². The molecule has 2 rings (SSSR count). The zero-order chi connectivity index (χ0) is 12.3. The van der Waals surface area contributed by atoms with Crippen LogP contribution in [0, 0.1) is 11.8 Å². The molecule has 1 fully saturated rings. The quantitative estimate of drug-likeness (QED) is 0.856. The Labute approximate surface area is 110 Å². The van der Waals surface area contributed by atoms with Gasteiger partial charge in [-0.1, -0.05) is 43.1 Å². The van der Waals surface area contributed by atoms with Crippen molar-refractivity contribution in [1.82, 2.24) is 5.32 Å². The van der Waals surface area contributed by atoms with Crippen molar-refractivity contribution in [3.8, 4) is 0 Å². The SMILES string of the molecule is CNC(Cc1ccccc1Cl)C1CCC(C)C1. The maximum atomic E-state index is 6.23. The van der Waals surface area contributed by atoms with E-state index in [1.807, 2.05) is 12.1 Å². The van der Waals surface area contributed by atoms with Crippen molar-refractivity contribution in [3.63, 3.8) is 0 Å². The number of hydrogen-bond donors (Lipinski definition) is 1. The summed E-state index contributed by atoms with van der Waals surface area (Å²) in [6.07, 6.45) is 5.14. The molecular formula is C15H22ClN. The average Bonchev–Trinajstić information content (AvgIpc) is 2.75. The van der Waals surface area contributed by atoms with Gasteiger partial charge in [-0.15, -0.1) is 0 Å². The molecule has 0 heterocycles. The van der Waals surface area contributed by atoms with E-state index in [1.54, 1.807) is 0 Å². The second-order valence-corrected chi connectivity index (χ2v) is 5.78. The molecular weight excluding hydrogens is 230 g/mol. The van der Waals surface area contributed by atoms with Gasteiger partial charge in [0.2, 0.25) is 0 Å². The highest BCUT2D eigenvalue weighted by molar-refractivity contribution is 6.31. The molecule has 0 amide bonds. The number of hydrogen-bond acceptors (Lipinski definition) is 1. The molecule has 0 bridgehead atoms. The minimum absolute atomic E-state index is 0.569. The number of benzene rings is 1. The van der Waals surface area contributed by atoms with E-state index in [0.717, 1.165) is 23.3 Å². The van der Waals surface area contributed by atoms with Crippen molar-refractivity contribution in [2.75, 3.05) is 7.05 Å². The summed E-state index contributed by atoms with van der Waals surface area (Å²) in [6, 6.07) is 8.77. The molecule has 1 N–H and O–H groups in total. The molecule has 1 aromatic carbocycles. The van der Waals surface area contributed by atoms with Gasteiger partial charge in [0.15, 0.2) is 0 Å². The average molecular weight is 252 g/mol. The predicted molar refractivity (Wildman–Crippen MR) is 74.5 cm³/mol. The lowest BCUT2D eigenvalue weighted by Crippen LogP contribution is -2.34. The summed E-state index contributed by atoms with van der Waals surface area (Å²) in [5.74, 6) is 1.70. The molecule has 1 aliphatic rings. The van der Waals surface area contributed by atoms with Crippen LogP contribution in [0.5, 0.6) is 0 Å². The first-order valence-electron chi connectivity index (χ1n) is 6.61. The molecule has 0 radical (unpaired) electrons. The first-order valence-corrected chi connectivity index (χ1v) is 6.99. The summed E-state index contributed by atoms with van der Waals surface area (Å²) < 4.78 is 0. The van der Waals surface area contributed by atoms with Crippen LogP contribution in [-0.4, -0.2) is 13.1 Å².